The van der Waals surface area contributed by atoms with Crippen LogP contribution < -0.4 is 4.72 Å². The van der Waals surface area contributed by atoms with Crippen LogP contribution in [-0.2, 0) is 23.2 Å². The summed E-state index contributed by atoms with van der Waals surface area (Å²) in [7, 11) is -3.86. The van der Waals surface area contributed by atoms with Crippen LogP contribution in [0.3, 0.4) is 0 Å². The molecule has 0 bridgehead atoms. The maximum atomic E-state index is 13.3. The SMILES string of the molecule is O=S(=O)(NCc1ccccc1F)c1ccc(CO)o1. The largest absolute Gasteiger partial charge is 0.446 e. The Morgan fingerprint density at radius 3 is 2.58 bits per heavy atom. The van der Waals surface area contributed by atoms with Gasteiger partial charge in [0.2, 0.25) is 5.09 Å². The molecule has 2 aromatic rings. The van der Waals surface area contributed by atoms with E-state index in [1.165, 1.54) is 30.3 Å². The molecule has 1 aromatic carbocycles. The Morgan fingerprint density at radius 2 is 1.95 bits per heavy atom. The van der Waals surface area contributed by atoms with Crippen LogP contribution in [0.25, 0.3) is 0 Å². The summed E-state index contributed by atoms with van der Waals surface area (Å²) in [5, 5.41) is 8.49. The quantitative estimate of drug-likeness (QED) is 0.870. The Balaban J connectivity index is 2.12. The Morgan fingerprint density at radius 1 is 1.21 bits per heavy atom. The maximum absolute atomic E-state index is 13.3. The van der Waals surface area contributed by atoms with Gasteiger partial charge in [0.1, 0.15) is 18.2 Å². The molecule has 7 heteroatoms. The third-order valence-corrected chi connectivity index (χ3v) is 3.74. The van der Waals surface area contributed by atoms with Gasteiger partial charge in [0.05, 0.1) is 0 Å². The standard InChI is InChI=1S/C12H12FNO4S/c13-11-4-2-1-3-9(11)7-14-19(16,17)12-6-5-10(8-15)18-12/h1-6,14-15H,7-8H2. The molecule has 0 atom stereocenters. The number of furan rings is 1. The fourth-order valence-electron chi connectivity index (χ4n) is 1.47. The molecule has 102 valence electrons. The maximum Gasteiger partial charge on any atom is 0.274 e. The number of hydrogen-bond acceptors (Lipinski definition) is 4. The summed E-state index contributed by atoms with van der Waals surface area (Å²) in [5.41, 5.74) is 0.236. The lowest BCUT2D eigenvalue weighted by atomic mass is 10.2. The first-order valence-corrected chi connectivity index (χ1v) is 6.94. The van der Waals surface area contributed by atoms with Crippen LogP contribution in [0.1, 0.15) is 11.3 Å². The average molecular weight is 285 g/mol. The van der Waals surface area contributed by atoms with E-state index in [1.54, 1.807) is 6.07 Å². The highest BCUT2D eigenvalue weighted by Gasteiger charge is 2.18. The first kappa shape index (κ1) is 13.7. The van der Waals surface area contributed by atoms with E-state index in [9.17, 15) is 12.8 Å². The molecule has 19 heavy (non-hydrogen) atoms. The predicted octanol–water partition coefficient (Wildman–Crippen LogP) is 1.39. The van der Waals surface area contributed by atoms with Crippen molar-refractivity contribution in [2.45, 2.75) is 18.2 Å². The van der Waals surface area contributed by atoms with Crippen LogP contribution in [-0.4, -0.2) is 13.5 Å². The highest BCUT2D eigenvalue weighted by atomic mass is 32.2. The average Bonchev–Trinajstić information content (AvgIpc) is 2.87. The van der Waals surface area contributed by atoms with E-state index in [2.05, 4.69) is 4.72 Å². The number of nitrogens with one attached hydrogen (secondary N) is 1. The van der Waals surface area contributed by atoms with Crippen LogP contribution in [0.2, 0.25) is 0 Å². The number of rotatable bonds is 5. The van der Waals surface area contributed by atoms with Gasteiger partial charge in [-0.1, -0.05) is 18.2 Å². The van der Waals surface area contributed by atoms with E-state index in [-0.39, 0.29) is 29.6 Å². The van der Waals surface area contributed by atoms with Crippen LogP contribution in [0, 0.1) is 5.82 Å². The van der Waals surface area contributed by atoms with Gasteiger partial charge in [-0.3, -0.25) is 0 Å². The van der Waals surface area contributed by atoms with E-state index in [4.69, 9.17) is 9.52 Å². The van der Waals surface area contributed by atoms with E-state index < -0.39 is 15.8 Å². The van der Waals surface area contributed by atoms with Crippen molar-refractivity contribution in [3.63, 3.8) is 0 Å². The van der Waals surface area contributed by atoms with Crippen molar-refractivity contribution in [2.24, 2.45) is 0 Å². The van der Waals surface area contributed by atoms with Gasteiger partial charge < -0.3 is 9.52 Å². The first-order valence-electron chi connectivity index (χ1n) is 5.45. The molecule has 1 aromatic heterocycles. The summed E-state index contributed by atoms with van der Waals surface area (Å²) in [6.45, 7) is -0.563. The van der Waals surface area contributed by atoms with Crippen molar-refractivity contribution >= 4 is 10.0 Å². The molecule has 0 saturated carbocycles. The Bertz CT molecular complexity index is 666. The number of halogens is 1. The van der Waals surface area contributed by atoms with Gasteiger partial charge in [-0.05, 0) is 18.2 Å². The molecule has 0 spiro atoms. The van der Waals surface area contributed by atoms with Crippen molar-refractivity contribution < 1.29 is 22.3 Å². The van der Waals surface area contributed by atoms with Crippen molar-refractivity contribution in [1.82, 2.24) is 4.72 Å². The third-order valence-electron chi connectivity index (χ3n) is 2.47. The van der Waals surface area contributed by atoms with Crippen molar-refractivity contribution in [3.8, 4) is 0 Å². The lowest BCUT2D eigenvalue weighted by Crippen LogP contribution is -2.23. The number of hydrogen-bond donors (Lipinski definition) is 2. The summed E-state index contributed by atoms with van der Waals surface area (Å²) in [6, 6.07) is 8.46. The zero-order chi connectivity index (χ0) is 13.9. The molecule has 2 rings (SSSR count). The first-order chi connectivity index (χ1) is 9.03. The summed E-state index contributed by atoms with van der Waals surface area (Å²) in [5.74, 6) is -0.341. The second-order valence-corrected chi connectivity index (χ2v) is 5.49. The van der Waals surface area contributed by atoms with Gasteiger partial charge in [-0.2, -0.15) is 0 Å². The van der Waals surface area contributed by atoms with Crippen LogP contribution in [0.5, 0.6) is 0 Å². The van der Waals surface area contributed by atoms with Gasteiger partial charge in [0, 0.05) is 12.1 Å². The fraction of sp³-hybridized carbons (Fsp3) is 0.167. The Labute approximate surface area is 109 Å². The van der Waals surface area contributed by atoms with Crippen molar-refractivity contribution in [3.05, 3.63) is 53.5 Å². The van der Waals surface area contributed by atoms with Gasteiger partial charge >= 0.3 is 0 Å². The summed E-state index contributed by atoms with van der Waals surface area (Å²) in [6.07, 6.45) is 0. The molecular formula is C12H12FNO4S. The normalized spacial score (nSPS) is 11.7. The minimum atomic E-state index is -3.86. The number of benzene rings is 1. The Kier molecular flexibility index (Phi) is 3.98. The second kappa shape index (κ2) is 5.52. The van der Waals surface area contributed by atoms with E-state index >= 15 is 0 Å². The highest BCUT2D eigenvalue weighted by Crippen LogP contribution is 2.14. The predicted molar refractivity (Wildman–Crippen MR) is 65.1 cm³/mol. The van der Waals surface area contributed by atoms with Crippen LogP contribution in [0.4, 0.5) is 4.39 Å². The molecule has 0 radical (unpaired) electrons. The zero-order valence-corrected chi connectivity index (χ0v) is 10.7. The molecule has 0 saturated heterocycles. The molecular weight excluding hydrogens is 273 g/mol. The summed E-state index contributed by atoms with van der Waals surface area (Å²) in [4.78, 5) is 0. The van der Waals surface area contributed by atoms with Gasteiger partial charge in [0.25, 0.3) is 10.0 Å². The molecule has 2 N–H and O–H groups in total. The van der Waals surface area contributed by atoms with Crippen LogP contribution >= 0.6 is 0 Å². The third kappa shape index (κ3) is 3.19. The second-order valence-electron chi connectivity index (χ2n) is 3.79. The van der Waals surface area contributed by atoms with Crippen molar-refractivity contribution in [2.75, 3.05) is 0 Å². The molecule has 1 heterocycles. The topological polar surface area (TPSA) is 79.5 Å². The summed E-state index contributed by atoms with van der Waals surface area (Å²) >= 11 is 0. The molecule has 0 unspecified atom stereocenters. The summed E-state index contributed by atoms with van der Waals surface area (Å²) < 4.78 is 44.2. The number of aliphatic hydroxyl groups is 1. The van der Waals surface area contributed by atoms with Gasteiger partial charge in [-0.15, -0.1) is 0 Å². The minimum absolute atomic E-state index is 0.145. The Hall–Kier alpha value is -1.70. The minimum Gasteiger partial charge on any atom is -0.446 e. The molecule has 0 fully saturated rings. The zero-order valence-electron chi connectivity index (χ0n) is 9.84. The number of aliphatic hydroxyl groups excluding tert-OH is 1. The van der Waals surface area contributed by atoms with Gasteiger partial charge in [-0.25, -0.2) is 17.5 Å². The fourth-order valence-corrected chi connectivity index (χ4v) is 2.43. The monoisotopic (exact) mass is 285 g/mol. The van der Waals surface area contributed by atoms with Gasteiger partial charge in [0.15, 0.2) is 0 Å². The molecule has 0 aliphatic carbocycles. The van der Waals surface area contributed by atoms with Crippen molar-refractivity contribution in [1.29, 1.82) is 0 Å². The lowest BCUT2D eigenvalue weighted by Gasteiger charge is -2.05. The molecule has 0 aliphatic rings. The molecule has 0 amide bonds. The highest BCUT2D eigenvalue weighted by molar-refractivity contribution is 7.89. The van der Waals surface area contributed by atoms with E-state index in [0.29, 0.717) is 0 Å². The molecule has 0 aliphatic heterocycles. The molecule has 5 nitrogen and oxygen atoms in total. The van der Waals surface area contributed by atoms with E-state index in [0.717, 1.165) is 0 Å². The number of sulfonamides is 1. The smallest absolute Gasteiger partial charge is 0.274 e. The lowest BCUT2D eigenvalue weighted by molar-refractivity contribution is 0.236. The van der Waals surface area contributed by atoms with Crippen LogP contribution in [0.15, 0.2) is 45.9 Å². The van der Waals surface area contributed by atoms with E-state index in [1.807, 2.05) is 0 Å².